The van der Waals surface area contributed by atoms with Gasteiger partial charge in [0, 0.05) is 23.2 Å². The Morgan fingerprint density at radius 2 is 1.82 bits per heavy atom. The summed E-state index contributed by atoms with van der Waals surface area (Å²) in [6, 6.07) is 17.1. The van der Waals surface area contributed by atoms with Crippen LogP contribution in [0.3, 0.4) is 0 Å². The quantitative estimate of drug-likeness (QED) is 0.633. The third kappa shape index (κ3) is 3.41. The van der Waals surface area contributed by atoms with Crippen molar-refractivity contribution in [3.8, 4) is 11.3 Å². The molecule has 2 amide bonds. The van der Waals surface area contributed by atoms with Crippen molar-refractivity contribution in [1.82, 2.24) is 15.5 Å². The minimum Gasteiger partial charge on any atom is -0.340 e. The van der Waals surface area contributed by atoms with Gasteiger partial charge in [-0.2, -0.15) is 5.10 Å². The number of fused-ring (bicyclic) bond motifs is 1. The number of benzene rings is 2. The molecule has 1 unspecified atom stereocenters. The third-order valence-electron chi connectivity index (χ3n) is 4.76. The summed E-state index contributed by atoms with van der Waals surface area (Å²) in [5, 5.41) is 13.2. The van der Waals surface area contributed by atoms with E-state index in [2.05, 4.69) is 20.8 Å². The molecule has 4 rings (SSSR count). The number of carbonyl (C=O) groups is 2. The van der Waals surface area contributed by atoms with Gasteiger partial charge in [-0.05, 0) is 23.6 Å². The summed E-state index contributed by atoms with van der Waals surface area (Å²) < 4.78 is 0. The lowest BCUT2D eigenvalue weighted by atomic mass is 9.96. The molecule has 1 aliphatic heterocycles. The van der Waals surface area contributed by atoms with Crippen LogP contribution in [-0.4, -0.2) is 22.0 Å². The second-order valence-electron chi connectivity index (χ2n) is 7.40. The lowest BCUT2D eigenvalue weighted by Crippen LogP contribution is -2.21. The maximum absolute atomic E-state index is 12.4. The second kappa shape index (κ2) is 7.31. The van der Waals surface area contributed by atoms with Crippen LogP contribution in [0.25, 0.3) is 11.3 Å². The second-order valence-corrected chi connectivity index (χ2v) is 7.40. The molecule has 0 spiro atoms. The fraction of sp³-hybridized carbons (Fsp3) is 0.227. The number of carbonyl (C=O) groups excluding carboxylic acids is 2. The topological polar surface area (TPSA) is 86.9 Å². The van der Waals surface area contributed by atoms with E-state index in [-0.39, 0.29) is 17.9 Å². The first-order valence-corrected chi connectivity index (χ1v) is 9.37. The molecule has 3 aromatic rings. The molecule has 2 heterocycles. The zero-order valence-corrected chi connectivity index (χ0v) is 15.8. The molecule has 2 aromatic carbocycles. The first-order valence-electron chi connectivity index (χ1n) is 9.37. The average molecular weight is 374 g/mol. The Morgan fingerprint density at radius 1 is 1.11 bits per heavy atom. The van der Waals surface area contributed by atoms with Gasteiger partial charge in [-0.1, -0.05) is 56.3 Å². The Balaban J connectivity index is 1.61. The van der Waals surface area contributed by atoms with E-state index in [0.29, 0.717) is 18.0 Å². The Kier molecular flexibility index (Phi) is 4.69. The number of hydrogen-bond acceptors (Lipinski definition) is 3. The van der Waals surface area contributed by atoms with Crippen LogP contribution in [0.2, 0.25) is 0 Å². The summed E-state index contributed by atoms with van der Waals surface area (Å²) in [4.78, 5) is 24.3. The Morgan fingerprint density at radius 3 is 2.50 bits per heavy atom. The van der Waals surface area contributed by atoms with Gasteiger partial charge < -0.3 is 10.6 Å². The number of nitrogens with one attached hydrogen (secondary N) is 3. The van der Waals surface area contributed by atoms with Crippen molar-refractivity contribution < 1.29 is 9.59 Å². The van der Waals surface area contributed by atoms with E-state index in [1.165, 1.54) is 0 Å². The largest absolute Gasteiger partial charge is 0.340 e. The van der Waals surface area contributed by atoms with Gasteiger partial charge in [0.25, 0.3) is 5.91 Å². The normalized spacial score (nSPS) is 15.4. The van der Waals surface area contributed by atoms with Crippen molar-refractivity contribution in [2.45, 2.75) is 26.3 Å². The van der Waals surface area contributed by atoms with Gasteiger partial charge in [-0.15, -0.1) is 0 Å². The summed E-state index contributed by atoms with van der Waals surface area (Å²) in [5.41, 5.74) is 4.76. The molecule has 28 heavy (non-hydrogen) atoms. The summed E-state index contributed by atoms with van der Waals surface area (Å²) in [6.07, 6.45) is 0.485. The standard InChI is InChI=1S/C22H22N4O2/c1-13(2)12-17(27)23-16-10-8-15(9-11-16)19-18-20(14-6-4-3-5-7-14)25-26-21(18)22(28)24-19/h3-11,13,19H,12H2,1-2H3,(H,23,27)(H,24,28)(H,25,26). The number of hydrogen-bond donors (Lipinski definition) is 3. The molecule has 3 N–H and O–H groups in total. The lowest BCUT2D eigenvalue weighted by Gasteiger charge is -2.14. The van der Waals surface area contributed by atoms with Crippen molar-refractivity contribution in [3.05, 3.63) is 71.4 Å². The van der Waals surface area contributed by atoms with Crippen molar-refractivity contribution in [3.63, 3.8) is 0 Å². The summed E-state index contributed by atoms with van der Waals surface area (Å²) in [7, 11) is 0. The summed E-state index contributed by atoms with van der Waals surface area (Å²) in [5.74, 6) is 0.147. The highest BCUT2D eigenvalue weighted by Gasteiger charge is 2.35. The number of amides is 2. The van der Waals surface area contributed by atoms with Gasteiger partial charge in [-0.25, -0.2) is 0 Å². The van der Waals surface area contributed by atoms with E-state index >= 15 is 0 Å². The maximum Gasteiger partial charge on any atom is 0.270 e. The Labute approximate surface area is 163 Å². The number of aromatic amines is 1. The van der Waals surface area contributed by atoms with E-state index in [9.17, 15) is 9.59 Å². The van der Waals surface area contributed by atoms with Crippen LogP contribution in [0.1, 0.15) is 47.9 Å². The van der Waals surface area contributed by atoms with Crippen molar-refractivity contribution in [2.75, 3.05) is 5.32 Å². The molecule has 0 saturated carbocycles. The zero-order valence-electron chi connectivity index (χ0n) is 15.8. The third-order valence-corrected chi connectivity index (χ3v) is 4.76. The fourth-order valence-electron chi connectivity index (χ4n) is 3.49. The first kappa shape index (κ1) is 18.0. The molecule has 0 saturated heterocycles. The number of anilines is 1. The number of rotatable bonds is 5. The van der Waals surface area contributed by atoms with E-state index in [1.54, 1.807) is 0 Å². The molecule has 1 aliphatic rings. The maximum atomic E-state index is 12.4. The smallest absolute Gasteiger partial charge is 0.270 e. The van der Waals surface area contributed by atoms with Gasteiger partial charge in [0.15, 0.2) is 0 Å². The van der Waals surface area contributed by atoms with Gasteiger partial charge in [0.1, 0.15) is 5.69 Å². The highest BCUT2D eigenvalue weighted by atomic mass is 16.2. The highest BCUT2D eigenvalue weighted by molar-refractivity contribution is 6.00. The molecule has 0 aliphatic carbocycles. The van der Waals surface area contributed by atoms with Crippen LogP contribution in [0.5, 0.6) is 0 Å². The Hall–Kier alpha value is -3.41. The molecule has 1 aromatic heterocycles. The molecule has 6 nitrogen and oxygen atoms in total. The van der Waals surface area contributed by atoms with E-state index < -0.39 is 0 Å². The van der Waals surface area contributed by atoms with Gasteiger partial charge in [0.2, 0.25) is 5.91 Å². The number of aromatic nitrogens is 2. The zero-order chi connectivity index (χ0) is 19.7. The fourth-order valence-corrected chi connectivity index (χ4v) is 3.49. The predicted octanol–water partition coefficient (Wildman–Crippen LogP) is 3.89. The lowest BCUT2D eigenvalue weighted by molar-refractivity contribution is -0.116. The van der Waals surface area contributed by atoms with Crippen LogP contribution in [0.15, 0.2) is 54.6 Å². The monoisotopic (exact) mass is 374 g/mol. The Bertz CT molecular complexity index is 1010. The van der Waals surface area contributed by atoms with Crippen LogP contribution in [-0.2, 0) is 4.79 Å². The number of H-pyrrole nitrogens is 1. The molecular formula is C22H22N4O2. The summed E-state index contributed by atoms with van der Waals surface area (Å²) in [6.45, 7) is 4.02. The molecule has 0 fully saturated rings. The molecule has 0 bridgehead atoms. The van der Waals surface area contributed by atoms with Crippen LogP contribution in [0, 0.1) is 5.92 Å². The van der Waals surface area contributed by atoms with Gasteiger partial charge in [-0.3, -0.25) is 14.7 Å². The molecule has 0 radical (unpaired) electrons. The van der Waals surface area contributed by atoms with Crippen molar-refractivity contribution >= 4 is 17.5 Å². The van der Waals surface area contributed by atoms with E-state index in [0.717, 1.165) is 28.1 Å². The van der Waals surface area contributed by atoms with Crippen LogP contribution >= 0.6 is 0 Å². The van der Waals surface area contributed by atoms with E-state index in [1.807, 2.05) is 68.4 Å². The van der Waals surface area contributed by atoms with Crippen molar-refractivity contribution in [1.29, 1.82) is 0 Å². The van der Waals surface area contributed by atoms with Crippen molar-refractivity contribution in [2.24, 2.45) is 5.92 Å². The number of nitrogens with zero attached hydrogens (tertiary/aromatic N) is 1. The summed E-state index contributed by atoms with van der Waals surface area (Å²) >= 11 is 0. The van der Waals surface area contributed by atoms with Crippen LogP contribution < -0.4 is 10.6 Å². The van der Waals surface area contributed by atoms with E-state index in [4.69, 9.17) is 0 Å². The van der Waals surface area contributed by atoms with Crippen LogP contribution in [0.4, 0.5) is 5.69 Å². The minimum absolute atomic E-state index is 0.000374. The van der Waals surface area contributed by atoms with Gasteiger partial charge >= 0.3 is 0 Å². The molecule has 142 valence electrons. The SMILES string of the molecule is CC(C)CC(=O)Nc1ccc(C2NC(=O)c3[nH]nc(-c4ccccc4)c32)cc1. The predicted molar refractivity (Wildman–Crippen MR) is 108 cm³/mol. The molecule has 1 atom stereocenters. The van der Waals surface area contributed by atoms with Gasteiger partial charge in [0.05, 0.1) is 11.7 Å². The molecular weight excluding hydrogens is 352 g/mol. The first-order chi connectivity index (χ1) is 13.5. The highest BCUT2D eigenvalue weighted by Crippen LogP contribution is 2.37. The molecule has 6 heteroatoms. The average Bonchev–Trinajstić information content (AvgIpc) is 3.24. The minimum atomic E-state index is -0.281.